The number of rotatable bonds is 3. The molecule has 2 heterocycles. The zero-order valence-electron chi connectivity index (χ0n) is 16.3. The zero-order chi connectivity index (χ0) is 20.0. The van der Waals surface area contributed by atoms with E-state index in [0.717, 1.165) is 38.7 Å². The highest BCUT2D eigenvalue weighted by Gasteiger charge is 2.27. The Labute approximate surface area is 173 Å². The number of ether oxygens (including phenoxy) is 1. The highest BCUT2D eigenvalue weighted by molar-refractivity contribution is 7.11. The number of aromatic nitrogens is 1. The van der Waals surface area contributed by atoms with Crippen LogP contribution in [0.25, 0.3) is 22.0 Å². The van der Waals surface area contributed by atoms with Gasteiger partial charge in [-0.25, -0.2) is 4.98 Å². The zero-order valence-corrected chi connectivity index (χ0v) is 17.1. The van der Waals surface area contributed by atoms with Crippen molar-refractivity contribution in [1.82, 2.24) is 4.98 Å². The molecule has 0 N–H and O–H groups in total. The molecule has 1 aromatic heterocycles. The molecule has 0 radical (unpaired) electrons. The van der Waals surface area contributed by atoms with E-state index in [1.54, 1.807) is 11.3 Å². The lowest BCUT2D eigenvalue weighted by Gasteiger charge is -2.30. The number of nitrogens with zero attached hydrogens (tertiary/aromatic N) is 2. The number of hydrogen-bond donors (Lipinski definition) is 0. The van der Waals surface area contributed by atoms with Crippen molar-refractivity contribution in [1.29, 1.82) is 0 Å². The normalized spacial score (nSPS) is 13.4. The van der Waals surface area contributed by atoms with E-state index < -0.39 is 0 Å². The summed E-state index contributed by atoms with van der Waals surface area (Å²) in [5.41, 5.74) is 3.90. The Kier molecular flexibility index (Phi) is 4.32. The topological polar surface area (TPSA) is 42.4 Å². The van der Waals surface area contributed by atoms with Crippen LogP contribution >= 0.6 is 11.3 Å². The molecule has 0 bridgehead atoms. The number of anilines is 1. The van der Waals surface area contributed by atoms with Gasteiger partial charge in [0.25, 0.3) is 5.91 Å². The smallest absolute Gasteiger partial charge is 0.265 e. The van der Waals surface area contributed by atoms with Gasteiger partial charge >= 0.3 is 0 Å². The molecule has 5 rings (SSSR count). The third-order valence-electron chi connectivity index (χ3n) is 5.29. The minimum atomic E-state index is -0.0336. The lowest BCUT2D eigenvalue weighted by molar-refractivity contribution is -0.121. The molecule has 1 aliphatic heterocycles. The molecule has 0 aliphatic carbocycles. The van der Waals surface area contributed by atoms with Gasteiger partial charge in [-0.1, -0.05) is 42.5 Å². The molecule has 144 valence electrons. The molecule has 0 saturated heterocycles. The molecule has 4 aromatic rings. The number of benzene rings is 3. The Morgan fingerprint density at radius 3 is 2.72 bits per heavy atom. The SMILES string of the molecule is Cc1nc(-c2ccc3c(c2)N(Cc2cccc4ccccc24)C(=O)CO3)c(C)s1. The van der Waals surface area contributed by atoms with Gasteiger partial charge in [-0.05, 0) is 48.4 Å². The second-order valence-corrected chi connectivity index (χ2v) is 8.63. The quantitative estimate of drug-likeness (QED) is 0.456. The lowest BCUT2D eigenvalue weighted by atomic mass is 10.0. The maximum atomic E-state index is 12.8. The Bertz CT molecular complexity index is 1240. The maximum Gasteiger partial charge on any atom is 0.265 e. The van der Waals surface area contributed by atoms with Crippen molar-refractivity contribution in [3.63, 3.8) is 0 Å². The molecule has 0 atom stereocenters. The van der Waals surface area contributed by atoms with Crippen LogP contribution in [0.3, 0.4) is 0 Å². The van der Waals surface area contributed by atoms with Gasteiger partial charge in [0.2, 0.25) is 0 Å². The number of amides is 1. The summed E-state index contributed by atoms with van der Waals surface area (Å²) in [5, 5.41) is 3.38. The van der Waals surface area contributed by atoms with Gasteiger partial charge in [0.15, 0.2) is 6.61 Å². The Morgan fingerprint density at radius 1 is 1.07 bits per heavy atom. The van der Waals surface area contributed by atoms with E-state index in [-0.39, 0.29) is 12.5 Å². The molecular formula is C24H20N2O2S. The van der Waals surface area contributed by atoms with Gasteiger partial charge in [0.1, 0.15) is 5.75 Å². The van der Waals surface area contributed by atoms with Crippen LogP contribution in [0.15, 0.2) is 60.7 Å². The van der Waals surface area contributed by atoms with Crippen LogP contribution < -0.4 is 9.64 Å². The lowest BCUT2D eigenvalue weighted by Crippen LogP contribution is -2.38. The maximum absolute atomic E-state index is 12.8. The molecule has 0 spiro atoms. The van der Waals surface area contributed by atoms with Crippen LogP contribution in [0, 0.1) is 13.8 Å². The summed E-state index contributed by atoms with van der Waals surface area (Å²) in [6.07, 6.45) is 0. The first-order valence-corrected chi connectivity index (χ1v) is 10.4. The number of carbonyl (C=O) groups excluding carboxylic acids is 1. The van der Waals surface area contributed by atoms with Gasteiger partial charge in [-0.15, -0.1) is 11.3 Å². The largest absolute Gasteiger partial charge is 0.482 e. The van der Waals surface area contributed by atoms with E-state index in [1.807, 2.05) is 48.2 Å². The first-order chi connectivity index (χ1) is 14.1. The molecule has 3 aromatic carbocycles. The summed E-state index contributed by atoms with van der Waals surface area (Å²) in [6, 6.07) is 20.5. The minimum Gasteiger partial charge on any atom is -0.482 e. The third-order valence-corrected chi connectivity index (χ3v) is 6.17. The Balaban J connectivity index is 1.59. The highest BCUT2D eigenvalue weighted by Crippen LogP contribution is 2.38. The molecule has 1 aliphatic rings. The van der Waals surface area contributed by atoms with Gasteiger partial charge in [0.05, 0.1) is 22.9 Å². The number of hydrogen-bond acceptors (Lipinski definition) is 4. The fraction of sp³-hybridized carbons (Fsp3) is 0.167. The first-order valence-electron chi connectivity index (χ1n) is 9.58. The van der Waals surface area contributed by atoms with E-state index in [9.17, 15) is 4.79 Å². The molecule has 0 saturated carbocycles. The standard InChI is InChI=1S/C24H20N2O2S/c1-15-24(25-16(2)29-15)18-10-11-22-21(12-18)26(23(27)14-28-22)13-19-8-5-7-17-6-3-4-9-20(17)19/h3-12H,13-14H2,1-2H3. The number of carbonyl (C=O) groups is 1. The molecule has 0 unspecified atom stereocenters. The summed E-state index contributed by atoms with van der Waals surface area (Å²) in [4.78, 5) is 20.5. The van der Waals surface area contributed by atoms with E-state index in [1.165, 1.54) is 10.3 Å². The number of fused-ring (bicyclic) bond motifs is 2. The van der Waals surface area contributed by atoms with E-state index in [2.05, 4.69) is 36.2 Å². The van der Waals surface area contributed by atoms with Gasteiger partial charge in [0, 0.05) is 10.4 Å². The van der Waals surface area contributed by atoms with E-state index in [4.69, 9.17) is 4.74 Å². The summed E-state index contributed by atoms with van der Waals surface area (Å²) in [5.74, 6) is 0.701. The van der Waals surface area contributed by atoms with E-state index in [0.29, 0.717) is 6.54 Å². The minimum absolute atomic E-state index is 0.0336. The summed E-state index contributed by atoms with van der Waals surface area (Å²) in [6.45, 7) is 4.66. The van der Waals surface area contributed by atoms with Gasteiger partial charge in [-0.3, -0.25) is 4.79 Å². The summed E-state index contributed by atoms with van der Waals surface area (Å²) < 4.78 is 5.71. The Hall–Kier alpha value is -3.18. The van der Waals surface area contributed by atoms with Crippen LogP contribution in [-0.4, -0.2) is 17.5 Å². The number of thiazole rings is 1. The summed E-state index contributed by atoms with van der Waals surface area (Å²) in [7, 11) is 0. The average molecular weight is 401 g/mol. The highest BCUT2D eigenvalue weighted by atomic mass is 32.1. The predicted molar refractivity (Wildman–Crippen MR) is 118 cm³/mol. The van der Waals surface area contributed by atoms with Crippen molar-refractivity contribution in [2.75, 3.05) is 11.5 Å². The Morgan fingerprint density at radius 2 is 1.90 bits per heavy atom. The third kappa shape index (κ3) is 3.17. The average Bonchev–Trinajstić information content (AvgIpc) is 3.08. The van der Waals surface area contributed by atoms with Crippen LogP contribution in [-0.2, 0) is 11.3 Å². The van der Waals surface area contributed by atoms with Crippen LogP contribution in [0.5, 0.6) is 5.75 Å². The fourth-order valence-electron chi connectivity index (χ4n) is 3.92. The first kappa shape index (κ1) is 17.9. The van der Waals surface area contributed by atoms with Crippen molar-refractivity contribution >= 4 is 33.7 Å². The molecule has 1 amide bonds. The number of aryl methyl sites for hydroxylation is 2. The second-order valence-electron chi connectivity index (χ2n) is 7.23. The van der Waals surface area contributed by atoms with Crippen LogP contribution in [0.2, 0.25) is 0 Å². The van der Waals surface area contributed by atoms with E-state index >= 15 is 0 Å². The van der Waals surface area contributed by atoms with Crippen molar-refractivity contribution < 1.29 is 9.53 Å². The van der Waals surface area contributed by atoms with Crippen LogP contribution in [0.4, 0.5) is 5.69 Å². The van der Waals surface area contributed by atoms with Gasteiger partial charge in [-0.2, -0.15) is 0 Å². The molecule has 5 heteroatoms. The monoisotopic (exact) mass is 400 g/mol. The molecule has 0 fully saturated rings. The summed E-state index contributed by atoms with van der Waals surface area (Å²) >= 11 is 1.68. The second kappa shape index (κ2) is 7.01. The molecular weight excluding hydrogens is 380 g/mol. The van der Waals surface area contributed by atoms with Gasteiger partial charge < -0.3 is 9.64 Å². The molecule has 4 nitrogen and oxygen atoms in total. The predicted octanol–water partition coefficient (Wildman–Crippen LogP) is 5.51. The van der Waals surface area contributed by atoms with Crippen molar-refractivity contribution in [2.45, 2.75) is 20.4 Å². The van der Waals surface area contributed by atoms with Crippen molar-refractivity contribution in [3.8, 4) is 17.0 Å². The fourth-order valence-corrected chi connectivity index (χ4v) is 4.76. The van der Waals surface area contributed by atoms with Crippen LogP contribution in [0.1, 0.15) is 15.4 Å². The van der Waals surface area contributed by atoms with Crippen molar-refractivity contribution in [2.24, 2.45) is 0 Å². The van der Waals surface area contributed by atoms with Crippen molar-refractivity contribution in [3.05, 3.63) is 76.1 Å². The molecule has 29 heavy (non-hydrogen) atoms.